The lowest BCUT2D eigenvalue weighted by atomic mass is 10.2. The van der Waals surface area contributed by atoms with Crippen LogP contribution >= 0.6 is 22.9 Å². The second-order valence-electron chi connectivity index (χ2n) is 5.89. The molecule has 0 spiro atoms. The summed E-state index contributed by atoms with van der Waals surface area (Å²) in [4.78, 5) is 17.7. The van der Waals surface area contributed by atoms with Crippen LogP contribution in [-0.2, 0) is 13.1 Å². The van der Waals surface area contributed by atoms with Crippen LogP contribution in [0.15, 0.2) is 48.5 Å². The lowest BCUT2D eigenvalue weighted by Crippen LogP contribution is -2.34. The Labute approximate surface area is 167 Å². The minimum atomic E-state index is -0.224. The molecule has 27 heavy (non-hydrogen) atoms. The largest absolute Gasteiger partial charge is 0.497 e. The van der Waals surface area contributed by atoms with Crippen LogP contribution in [0.4, 0.5) is 4.79 Å². The number of amides is 2. The van der Waals surface area contributed by atoms with Gasteiger partial charge in [0, 0.05) is 17.0 Å². The number of halogens is 1. The summed E-state index contributed by atoms with van der Waals surface area (Å²) in [6, 6.07) is 15.0. The zero-order valence-corrected chi connectivity index (χ0v) is 16.7. The van der Waals surface area contributed by atoms with Gasteiger partial charge in [0.05, 0.1) is 24.4 Å². The van der Waals surface area contributed by atoms with E-state index in [-0.39, 0.29) is 6.03 Å². The van der Waals surface area contributed by atoms with Gasteiger partial charge in [-0.25, -0.2) is 9.78 Å². The average Bonchev–Trinajstić information content (AvgIpc) is 3.06. The molecule has 3 rings (SSSR count). The maximum absolute atomic E-state index is 12.1. The van der Waals surface area contributed by atoms with Crippen molar-refractivity contribution < 1.29 is 9.53 Å². The number of benzene rings is 2. The van der Waals surface area contributed by atoms with E-state index in [4.69, 9.17) is 16.3 Å². The Morgan fingerprint density at radius 3 is 2.52 bits per heavy atom. The van der Waals surface area contributed by atoms with Gasteiger partial charge in [-0.15, -0.1) is 11.3 Å². The normalized spacial score (nSPS) is 10.5. The highest BCUT2D eigenvalue weighted by Crippen LogP contribution is 2.32. The molecule has 0 bridgehead atoms. The predicted octanol–water partition coefficient (Wildman–Crippen LogP) is 4.78. The van der Waals surface area contributed by atoms with Gasteiger partial charge in [0.15, 0.2) is 0 Å². The maximum atomic E-state index is 12.1. The summed E-state index contributed by atoms with van der Waals surface area (Å²) in [5.74, 6) is 0.790. The number of aromatic nitrogens is 1. The molecule has 0 fully saturated rings. The van der Waals surface area contributed by atoms with E-state index in [1.807, 2.05) is 55.5 Å². The van der Waals surface area contributed by atoms with Crippen molar-refractivity contribution >= 4 is 29.0 Å². The predicted molar refractivity (Wildman–Crippen MR) is 109 cm³/mol. The van der Waals surface area contributed by atoms with Crippen LogP contribution in [-0.4, -0.2) is 18.1 Å². The molecule has 0 saturated heterocycles. The van der Waals surface area contributed by atoms with Crippen LogP contribution < -0.4 is 15.4 Å². The van der Waals surface area contributed by atoms with Gasteiger partial charge in [-0.1, -0.05) is 41.9 Å². The third kappa shape index (κ3) is 4.99. The van der Waals surface area contributed by atoms with Gasteiger partial charge in [0.25, 0.3) is 0 Å². The number of carbonyl (C=O) groups excluding carboxylic acids is 1. The second kappa shape index (κ2) is 8.88. The molecule has 1 aromatic heterocycles. The van der Waals surface area contributed by atoms with Gasteiger partial charge >= 0.3 is 6.03 Å². The third-order valence-corrected chi connectivity index (χ3v) is 5.54. The van der Waals surface area contributed by atoms with Crippen LogP contribution in [0.5, 0.6) is 5.75 Å². The summed E-state index contributed by atoms with van der Waals surface area (Å²) in [6.07, 6.45) is 0. The fourth-order valence-corrected chi connectivity index (χ4v) is 3.81. The first-order chi connectivity index (χ1) is 13.1. The Kier molecular flexibility index (Phi) is 6.32. The van der Waals surface area contributed by atoms with E-state index in [0.717, 1.165) is 32.5 Å². The lowest BCUT2D eigenvalue weighted by Gasteiger charge is -2.08. The van der Waals surface area contributed by atoms with Crippen molar-refractivity contribution in [3.63, 3.8) is 0 Å². The van der Waals surface area contributed by atoms with Crippen LogP contribution in [0.1, 0.15) is 16.1 Å². The first-order valence-electron chi connectivity index (χ1n) is 8.42. The Balaban J connectivity index is 1.55. The standard InChI is InChI=1S/C20H20ClN3O2S/c1-13-18(27-19(24-13)16-5-3-4-6-17(16)21)12-23-20(25)22-11-14-7-9-15(26-2)10-8-14/h3-10H,11-12H2,1-2H3,(H2,22,23,25). The fraction of sp³-hybridized carbons (Fsp3) is 0.200. The topological polar surface area (TPSA) is 63.2 Å². The Morgan fingerprint density at radius 2 is 1.81 bits per heavy atom. The zero-order valence-electron chi connectivity index (χ0n) is 15.1. The van der Waals surface area contributed by atoms with Crippen molar-refractivity contribution in [2.24, 2.45) is 0 Å². The molecule has 2 N–H and O–H groups in total. The number of ether oxygens (including phenoxy) is 1. The van der Waals surface area contributed by atoms with Gasteiger partial charge in [-0.3, -0.25) is 0 Å². The fourth-order valence-electron chi connectivity index (χ4n) is 2.49. The molecule has 0 saturated carbocycles. The smallest absolute Gasteiger partial charge is 0.315 e. The molecule has 140 valence electrons. The number of hydrogen-bond acceptors (Lipinski definition) is 4. The molecule has 0 unspecified atom stereocenters. The second-order valence-corrected chi connectivity index (χ2v) is 7.38. The minimum absolute atomic E-state index is 0.224. The molecule has 0 aliphatic rings. The zero-order chi connectivity index (χ0) is 19.2. The molecule has 0 radical (unpaired) electrons. The van der Waals surface area contributed by atoms with E-state index in [1.54, 1.807) is 7.11 Å². The monoisotopic (exact) mass is 401 g/mol. The molecule has 2 aromatic carbocycles. The average molecular weight is 402 g/mol. The number of urea groups is 1. The van der Waals surface area contributed by atoms with Crippen molar-refractivity contribution in [1.82, 2.24) is 15.6 Å². The first kappa shape index (κ1) is 19.2. The van der Waals surface area contributed by atoms with Crippen molar-refractivity contribution in [2.45, 2.75) is 20.0 Å². The maximum Gasteiger partial charge on any atom is 0.315 e. The highest BCUT2D eigenvalue weighted by Gasteiger charge is 2.12. The number of nitrogens with one attached hydrogen (secondary N) is 2. The van der Waals surface area contributed by atoms with E-state index >= 15 is 0 Å². The van der Waals surface area contributed by atoms with E-state index in [0.29, 0.717) is 18.1 Å². The molecule has 0 aliphatic heterocycles. The van der Waals surface area contributed by atoms with Crippen molar-refractivity contribution in [3.8, 4) is 16.3 Å². The van der Waals surface area contributed by atoms with Crippen molar-refractivity contribution in [3.05, 3.63) is 69.7 Å². The Bertz CT molecular complexity index is 925. The van der Waals surface area contributed by atoms with Crippen molar-refractivity contribution in [1.29, 1.82) is 0 Å². The molecule has 1 heterocycles. The summed E-state index contributed by atoms with van der Waals surface area (Å²) in [5, 5.41) is 7.25. The Hall–Kier alpha value is -2.57. The first-order valence-corrected chi connectivity index (χ1v) is 9.62. The van der Waals surface area contributed by atoms with Crippen LogP contribution in [0, 0.1) is 6.92 Å². The van der Waals surface area contributed by atoms with Crippen LogP contribution in [0.2, 0.25) is 5.02 Å². The van der Waals surface area contributed by atoms with E-state index in [1.165, 1.54) is 11.3 Å². The highest BCUT2D eigenvalue weighted by atomic mass is 35.5. The number of methoxy groups -OCH3 is 1. The van der Waals surface area contributed by atoms with Gasteiger partial charge in [-0.2, -0.15) is 0 Å². The lowest BCUT2D eigenvalue weighted by molar-refractivity contribution is 0.240. The number of hydrogen-bond donors (Lipinski definition) is 2. The van der Waals surface area contributed by atoms with E-state index in [2.05, 4.69) is 15.6 Å². The highest BCUT2D eigenvalue weighted by molar-refractivity contribution is 7.15. The molecule has 0 atom stereocenters. The van der Waals surface area contributed by atoms with Crippen LogP contribution in [0.3, 0.4) is 0 Å². The molecular weight excluding hydrogens is 382 g/mol. The molecule has 7 heteroatoms. The van der Waals surface area contributed by atoms with Gasteiger partial charge < -0.3 is 15.4 Å². The number of rotatable bonds is 6. The van der Waals surface area contributed by atoms with Crippen molar-refractivity contribution in [2.75, 3.05) is 7.11 Å². The summed E-state index contributed by atoms with van der Waals surface area (Å²) in [6.45, 7) is 2.80. The SMILES string of the molecule is COc1ccc(CNC(=O)NCc2sc(-c3ccccc3Cl)nc2C)cc1. The summed E-state index contributed by atoms with van der Waals surface area (Å²) >= 11 is 7.78. The Morgan fingerprint density at radius 1 is 1.11 bits per heavy atom. The van der Waals surface area contributed by atoms with Gasteiger partial charge in [0.1, 0.15) is 10.8 Å². The molecule has 3 aromatic rings. The van der Waals surface area contributed by atoms with Gasteiger partial charge in [0.2, 0.25) is 0 Å². The summed E-state index contributed by atoms with van der Waals surface area (Å²) in [7, 11) is 1.62. The van der Waals surface area contributed by atoms with E-state index < -0.39 is 0 Å². The van der Waals surface area contributed by atoms with Crippen LogP contribution in [0.25, 0.3) is 10.6 Å². The minimum Gasteiger partial charge on any atom is -0.497 e. The molecule has 5 nitrogen and oxygen atoms in total. The van der Waals surface area contributed by atoms with Gasteiger partial charge in [-0.05, 0) is 30.7 Å². The number of carbonyl (C=O) groups is 1. The number of aryl methyl sites for hydroxylation is 1. The molecule has 2 amide bonds. The summed E-state index contributed by atoms with van der Waals surface area (Å²) in [5.41, 5.74) is 2.80. The number of thiazole rings is 1. The molecular formula is C20H20ClN3O2S. The number of nitrogens with zero attached hydrogens (tertiary/aromatic N) is 1. The molecule has 0 aliphatic carbocycles. The quantitative estimate of drug-likeness (QED) is 0.624. The van der Waals surface area contributed by atoms with E-state index in [9.17, 15) is 4.79 Å². The summed E-state index contributed by atoms with van der Waals surface area (Å²) < 4.78 is 5.12. The third-order valence-electron chi connectivity index (χ3n) is 4.02.